The summed E-state index contributed by atoms with van der Waals surface area (Å²) in [5.41, 5.74) is 15.9. The van der Waals surface area contributed by atoms with E-state index in [4.69, 9.17) is 0 Å². The van der Waals surface area contributed by atoms with E-state index in [0.29, 0.717) is 5.56 Å². The molecule has 2 aliphatic heterocycles. The van der Waals surface area contributed by atoms with Crippen LogP contribution in [0.4, 0.5) is 17.1 Å². The van der Waals surface area contributed by atoms with Gasteiger partial charge < -0.3 is 4.90 Å². The predicted molar refractivity (Wildman–Crippen MR) is 168 cm³/mol. The molecule has 0 spiro atoms. The van der Waals surface area contributed by atoms with Crippen molar-refractivity contribution >= 4 is 50.9 Å². The Morgan fingerprint density at radius 3 is 2.17 bits per heavy atom. The first-order chi connectivity index (χ1) is 19.6. The summed E-state index contributed by atoms with van der Waals surface area (Å²) in [6.07, 6.45) is 0. The van der Waals surface area contributed by atoms with Crippen molar-refractivity contribution in [1.29, 1.82) is 5.26 Å². The summed E-state index contributed by atoms with van der Waals surface area (Å²) in [5.74, 6) is 0. The summed E-state index contributed by atoms with van der Waals surface area (Å²) in [6, 6.07) is 44.1. The summed E-state index contributed by atoms with van der Waals surface area (Å²) in [6.45, 7) is 4.48. The lowest BCUT2D eigenvalue weighted by Gasteiger charge is -2.40. The fraction of sp³-hybridized carbons (Fsp3) is 0.0541. The summed E-state index contributed by atoms with van der Waals surface area (Å²) >= 11 is 0. The predicted octanol–water partition coefficient (Wildman–Crippen LogP) is 7.28. The smallest absolute Gasteiger partial charge is 0.248 e. The SMILES string of the molecule is Cc1ccc(N2c3ccc(C)cc3B3c4c(cccc42)-c2cccc4c(-c5ccc(C#N)cc5)ccc3c24)cc1. The maximum Gasteiger partial charge on any atom is 0.248 e. The van der Waals surface area contributed by atoms with Crippen molar-refractivity contribution < 1.29 is 0 Å². The second-order valence-electron chi connectivity index (χ2n) is 11.0. The third-order valence-corrected chi connectivity index (χ3v) is 8.64. The van der Waals surface area contributed by atoms with Crippen LogP contribution >= 0.6 is 0 Å². The zero-order valence-corrected chi connectivity index (χ0v) is 22.4. The van der Waals surface area contributed by atoms with Gasteiger partial charge in [-0.2, -0.15) is 5.26 Å². The van der Waals surface area contributed by atoms with Crippen molar-refractivity contribution in [2.24, 2.45) is 0 Å². The van der Waals surface area contributed by atoms with E-state index in [0.717, 1.165) is 5.56 Å². The van der Waals surface area contributed by atoms with Crippen molar-refractivity contribution in [3.63, 3.8) is 0 Å². The van der Waals surface area contributed by atoms with Crippen molar-refractivity contribution in [3.05, 3.63) is 132 Å². The van der Waals surface area contributed by atoms with Crippen LogP contribution in [0.15, 0.2) is 115 Å². The summed E-state index contributed by atoms with van der Waals surface area (Å²) in [4.78, 5) is 2.44. The van der Waals surface area contributed by atoms with Gasteiger partial charge in [0, 0.05) is 17.1 Å². The fourth-order valence-electron chi connectivity index (χ4n) is 6.85. The number of rotatable bonds is 2. The van der Waals surface area contributed by atoms with Gasteiger partial charge in [0.05, 0.1) is 11.6 Å². The number of nitriles is 1. The average Bonchev–Trinajstić information content (AvgIpc) is 2.99. The van der Waals surface area contributed by atoms with E-state index in [1.165, 1.54) is 72.0 Å². The molecule has 8 rings (SSSR count). The van der Waals surface area contributed by atoms with Crippen LogP contribution in [0.1, 0.15) is 16.7 Å². The van der Waals surface area contributed by atoms with E-state index >= 15 is 0 Å². The molecule has 2 nitrogen and oxygen atoms in total. The molecular formula is C37H25BN2. The van der Waals surface area contributed by atoms with E-state index in [2.05, 4.69) is 128 Å². The molecule has 0 aliphatic carbocycles. The van der Waals surface area contributed by atoms with E-state index < -0.39 is 0 Å². The van der Waals surface area contributed by atoms with Crippen LogP contribution in [-0.4, -0.2) is 6.71 Å². The molecule has 0 amide bonds. The van der Waals surface area contributed by atoms with E-state index in [9.17, 15) is 5.26 Å². The third kappa shape index (κ3) is 3.17. The second kappa shape index (κ2) is 8.47. The number of hydrogen-bond acceptors (Lipinski definition) is 2. The number of fused-ring (bicyclic) bond motifs is 4. The minimum atomic E-state index is 0.148. The van der Waals surface area contributed by atoms with Gasteiger partial charge >= 0.3 is 0 Å². The fourth-order valence-corrected chi connectivity index (χ4v) is 6.85. The molecule has 0 saturated heterocycles. The highest BCUT2D eigenvalue weighted by Gasteiger charge is 2.40. The van der Waals surface area contributed by atoms with E-state index in [1.54, 1.807) is 0 Å². The minimum Gasteiger partial charge on any atom is -0.312 e. The first-order valence-electron chi connectivity index (χ1n) is 13.8. The molecule has 2 heterocycles. The molecule has 2 aliphatic rings. The van der Waals surface area contributed by atoms with Gasteiger partial charge in [0.2, 0.25) is 6.71 Å². The number of anilines is 3. The van der Waals surface area contributed by atoms with Crippen LogP contribution in [0.5, 0.6) is 0 Å². The van der Waals surface area contributed by atoms with Crippen LogP contribution in [0.25, 0.3) is 33.0 Å². The summed E-state index contributed by atoms with van der Waals surface area (Å²) < 4.78 is 0. The molecule has 6 aromatic carbocycles. The Labute approximate surface area is 234 Å². The molecule has 0 radical (unpaired) electrons. The van der Waals surface area contributed by atoms with Gasteiger partial charge in [0.15, 0.2) is 0 Å². The topological polar surface area (TPSA) is 27.0 Å². The third-order valence-electron chi connectivity index (χ3n) is 8.64. The Bertz CT molecular complexity index is 2030. The van der Waals surface area contributed by atoms with Crippen molar-refractivity contribution in [1.82, 2.24) is 0 Å². The van der Waals surface area contributed by atoms with Crippen LogP contribution in [0, 0.1) is 25.2 Å². The van der Waals surface area contributed by atoms with Crippen LogP contribution in [0.3, 0.4) is 0 Å². The van der Waals surface area contributed by atoms with E-state index in [-0.39, 0.29) is 6.71 Å². The largest absolute Gasteiger partial charge is 0.312 e. The summed E-state index contributed by atoms with van der Waals surface area (Å²) in [7, 11) is 0. The van der Waals surface area contributed by atoms with Gasteiger partial charge in [0.25, 0.3) is 0 Å². The molecule has 6 aromatic rings. The minimum absolute atomic E-state index is 0.148. The Balaban J connectivity index is 1.45. The number of hydrogen-bond donors (Lipinski definition) is 0. The van der Waals surface area contributed by atoms with Gasteiger partial charge in [-0.05, 0) is 94.2 Å². The quantitative estimate of drug-likeness (QED) is 0.230. The van der Waals surface area contributed by atoms with Gasteiger partial charge in [-0.3, -0.25) is 0 Å². The zero-order chi connectivity index (χ0) is 27.0. The maximum absolute atomic E-state index is 9.31. The molecule has 0 aromatic heterocycles. The van der Waals surface area contributed by atoms with Gasteiger partial charge in [-0.15, -0.1) is 0 Å². The van der Waals surface area contributed by atoms with Gasteiger partial charge in [-0.1, -0.05) is 95.5 Å². The van der Waals surface area contributed by atoms with Crippen LogP contribution in [0.2, 0.25) is 0 Å². The standard InChI is InChI=1S/C37H25BN2/c1-23-9-16-27(17-10-23)40-34-20-11-24(2)21-33(34)38-32-19-18-28(26-14-12-25(22-39)13-15-26)29-5-3-6-30(36(29)32)31-7-4-8-35(40)37(31)38/h3-21H,1-2H3. The first-order valence-corrected chi connectivity index (χ1v) is 13.8. The molecule has 40 heavy (non-hydrogen) atoms. The molecular weight excluding hydrogens is 483 g/mol. The number of benzene rings is 6. The molecule has 0 bridgehead atoms. The summed E-state index contributed by atoms with van der Waals surface area (Å²) in [5, 5.41) is 11.9. The zero-order valence-electron chi connectivity index (χ0n) is 22.4. The molecule has 0 fully saturated rings. The highest BCUT2D eigenvalue weighted by molar-refractivity contribution is 7.01. The van der Waals surface area contributed by atoms with E-state index in [1.807, 2.05) is 12.1 Å². The Kier molecular flexibility index (Phi) is 4.84. The highest BCUT2D eigenvalue weighted by atomic mass is 15.1. The van der Waals surface area contributed by atoms with Gasteiger partial charge in [-0.25, -0.2) is 0 Å². The number of aryl methyl sites for hydroxylation is 2. The molecule has 0 atom stereocenters. The number of nitrogens with zero attached hydrogens (tertiary/aromatic N) is 2. The van der Waals surface area contributed by atoms with Gasteiger partial charge in [0.1, 0.15) is 0 Å². The molecule has 186 valence electrons. The molecule has 0 unspecified atom stereocenters. The average molecular weight is 508 g/mol. The molecule has 0 saturated carbocycles. The molecule has 0 N–H and O–H groups in total. The monoisotopic (exact) mass is 508 g/mol. The highest BCUT2D eigenvalue weighted by Crippen LogP contribution is 2.42. The maximum atomic E-state index is 9.31. The van der Waals surface area contributed by atoms with Crippen molar-refractivity contribution in [3.8, 4) is 28.3 Å². The first kappa shape index (κ1) is 22.9. The van der Waals surface area contributed by atoms with Crippen LogP contribution < -0.4 is 21.3 Å². The Hall–Kier alpha value is -5.07. The van der Waals surface area contributed by atoms with Crippen LogP contribution in [-0.2, 0) is 0 Å². The van der Waals surface area contributed by atoms with Crippen molar-refractivity contribution in [2.45, 2.75) is 13.8 Å². The van der Waals surface area contributed by atoms with Crippen molar-refractivity contribution in [2.75, 3.05) is 4.90 Å². The molecule has 3 heteroatoms. The lowest BCUT2D eigenvalue weighted by atomic mass is 9.32. The lowest BCUT2D eigenvalue weighted by Crippen LogP contribution is -2.59. The Morgan fingerprint density at radius 2 is 1.38 bits per heavy atom. The lowest BCUT2D eigenvalue weighted by molar-refractivity contribution is 1.28. The Morgan fingerprint density at radius 1 is 0.625 bits per heavy atom. The normalized spacial score (nSPS) is 12.6. The second-order valence-corrected chi connectivity index (χ2v) is 11.0.